The standard InChI is InChI=1S/C18H21N7/c19-14-6-13(7-14)16-8-17(24-18(20)23-16)21-9-12-10-22-25(11-12)15-4-2-1-3-5-15/h1-5,8,10-11,13-14H,6-7,9,19H2,(H3,20,21,23,24). The van der Waals surface area contributed by atoms with Crippen molar-refractivity contribution in [3.05, 3.63) is 60.0 Å². The monoisotopic (exact) mass is 335 g/mol. The van der Waals surface area contributed by atoms with Gasteiger partial charge in [-0.2, -0.15) is 10.1 Å². The van der Waals surface area contributed by atoms with Crippen molar-refractivity contribution in [1.29, 1.82) is 0 Å². The molecule has 0 aliphatic heterocycles. The number of anilines is 2. The third-order valence-corrected chi connectivity index (χ3v) is 4.49. The number of hydrogen-bond acceptors (Lipinski definition) is 6. The number of aromatic nitrogens is 4. The van der Waals surface area contributed by atoms with E-state index < -0.39 is 0 Å². The van der Waals surface area contributed by atoms with Crippen molar-refractivity contribution >= 4 is 11.8 Å². The SMILES string of the molecule is Nc1nc(NCc2cnn(-c3ccccc3)c2)cc(C2CC(N)C2)n1. The Kier molecular flexibility index (Phi) is 4.07. The van der Waals surface area contributed by atoms with Gasteiger partial charge < -0.3 is 16.8 Å². The van der Waals surface area contributed by atoms with Gasteiger partial charge in [0.05, 0.1) is 17.6 Å². The van der Waals surface area contributed by atoms with E-state index in [2.05, 4.69) is 20.4 Å². The van der Waals surface area contributed by atoms with E-state index in [9.17, 15) is 0 Å². The lowest BCUT2D eigenvalue weighted by molar-refractivity contribution is 0.345. The average molecular weight is 335 g/mol. The van der Waals surface area contributed by atoms with E-state index in [4.69, 9.17) is 11.5 Å². The van der Waals surface area contributed by atoms with Crippen LogP contribution in [0.3, 0.4) is 0 Å². The summed E-state index contributed by atoms with van der Waals surface area (Å²) in [5.74, 6) is 1.41. The Morgan fingerprint density at radius 2 is 1.96 bits per heavy atom. The highest BCUT2D eigenvalue weighted by Crippen LogP contribution is 2.35. The molecular formula is C18H21N7. The number of nitrogen functional groups attached to an aromatic ring is 1. The Balaban J connectivity index is 1.44. The van der Waals surface area contributed by atoms with Crippen LogP contribution in [0.2, 0.25) is 0 Å². The Bertz CT molecular complexity index is 853. The molecule has 0 atom stereocenters. The molecule has 3 aromatic rings. The molecule has 7 heteroatoms. The van der Waals surface area contributed by atoms with Gasteiger partial charge >= 0.3 is 0 Å². The third kappa shape index (κ3) is 3.46. The first-order valence-corrected chi connectivity index (χ1v) is 8.40. The summed E-state index contributed by atoms with van der Waals surface area (Å²) in [7, 11) is 0. The van der Waals surface area contributed by atoms with Crippen molar-refractivity contribution in [1.82, 2.24) is 19.7 Å². The Morgan fingerprint density at radius 1 is 1.16 bits per heavy atom. The maximum atomic E-state index is 5.87. The zero-order chi connectivity index (χ0) is 17.2. The molecule has 0 spiro atoms. The maximum absolute atomic E-state index is 5.87. The quantitative estimate of drug-likeness (QED) is 0.659. The normalized spacial score (nSPS) is 19.4. The zero-order valence-corrected chi connectivity index (χ0v) is 13.8. The molecule has 1 aromatic carbocycles. The average Bonchev–Trinajstić information content (AvgIpc) is 3.06. The minimum atomic E-state index is 0.279. The summed E-state index contributed by atoms with van der Waals surface area (Å²) < 4.78 is 1.85. The lowest BCUT2D eigenvalue weighted by Crippen LogP contribution is -2.35. The van der Waals surface area contributed by atoms with E-state index in [0.717, 1.165) is 35.6 Å². The van der Waals surface area contributed by atoms with E-state index in [-0.39, 0.29) is 6.04 Å². The van der Waals surface area contributed by atoms with Crippen molar-refractivity contribution in [2.45, 2.75) is 31.3 Å². The summed E-state index contributed by atoms with van der Waals surface area (Å²) in [4.78, 5) is 8.61. The highest BCUT2D eigenvalue weighted by molar-refractivity contribution is 5.42. The van der Waals surface area contributed by atoms with Gasteiger partial charge in [0.25, 0.3) is 0 Å². The van der Waals surface area contributed by atoms with Crippen LogP contribution >= 0.6 is 0 Å². The molecule has 1 aliphatic carbocycles. The molecule has 0 saturated heterocycles. The zero-order valence-electron chi connectivity index (χ0n) is 13.8. The van der Waals surface area contributed by atoms with Gasteiger partial charge in [0.2, 0.25) is 5.95 Å². The van der Waals surface area contributed by atoms with E-state index in [0.29, 0.717) is 18.4 Å². The molecule has 2 heterocycles. The van der Waals surface area contributed by atoms with Crippen molar-refractivity contribution < 1.29 is 0 Å². The predicted octanol–water partition coefficient (Wildman–Crippen LogP) is 2.06. The molecule has 2 aromatic heterocycles. The summed E-state index contributed by atoms with van der Waals surface area (Å²) in [6.07, 6.45) is 5.76. The van der Waals surface area contributed by atoms with Gasteiger partial charge in [-0.25, -0.2) is 9.67 Å². The van der Waals surface area contributed by atoms with Crippen LogP contribution in [-0.2, 0) is 6.54 Å². The molecule has 0 bridgehead atoms. The number of nitrogens with one attached hydrogen (secondary N) is 1. The number of para-hydroxylation sites is 1. The molecule has 4 rings (SSSR count). The smallest absolute Gasteiger partial charge is 0.222 e. The minimum absolute atomic E-state index is 0.279. The predicted molar refractivity (Wildman–Crippen MR) is 97.3 cm³/mol. The molecule has 0 radical (unpaired) electrons. The minimum Gasteiger partial charge on any atom is -0.368 e. The first-order valence-electron chi connectivity index (χ1n) is 8.40. The van der Waals surface area contributed by atoms with Gasteiger partial charge in [0.15, 0.2) is 0 Å². The Morgan fingerprint density at radius 3 is 2.72 bits per heavy atom. The number of nitrogens with zero attached hydrogens (tertiary/aromatic N) is 4. The molecule has 7 nitrogen and oxygen atoms in total. The van der Waals surface area contributed by atoms with Crippen molar-refractivity contribution in [3.8, 4) is 5.69 Å². The maximum Gasteiger partial charge on any atom is 0.222 e. The molecule has 0 unspecified atom stereocenters. The van der Waals surface area contributed by atoms with Crippen molar-refractivity contribution in [2.75, 3.05) is 11.1 Å². The van der Waals surface area contributed by atoms with Gasteiger partial charge in [-0.3, -0.25) is 0 Å². The van der Waals surface area contributed by atoms with Crippen LogP contribution in [-0.4, -0.2) is 25.8 Å². The largest absolute Gasteiger partial charge is 0.368 e. The summed E-state index contributed by atoms with van der Waals surface area (Å²) in [5.41, 5.74) is 14.8. The third-order valence-electron chi connectivity index (χ3n) is 4.49. The van der Waals surface area contributed by atoms with Crippen LogP contribution in [0.5, 0.6) is 0 Å². The Labute approximate surface area is 146 Å². The summed E-state index contributed by atoms with van der Waals surface area (Å²) in [5, 5.41) is 7.70. The van der Waals surface area contributed by atoms with Gasteiger partial charge in [0, 0.05) is 36.3 Å². The van der Waals surface area contributed by atoms with Crippen LogP contribution in [0, 0.1) is 0 Å². The molecule has 1 aliphatic rings. The molecule has 1 saturated carbocycles. The van der Waals surface area contributed by atoms with E-state index >= 15 is 0 Å². The molecular weight excluding hydrogens is 314 g/mol. The summed E-state index contributed by atoms with van der Waals surface area (Å²) in [6.45, 7) is 0.618. The van der Waals surface area contributed by atoms with Crippen molar-refractivity contribution in [2.24, 2.45) is 5.73 Å². The van der Waals surface area contributed by atoms with Crippen LogP contribution in [0.15, 0.2) is 48.8 Å². The summed E-state index contributed by atoms with van der Waals surface area (Å²) in [6, 6.07) is 12.3. The van der Waals surface area contributed by atoms with E-state index in [1.165, 1.54) is 0 Å². The van der Waals surface area contributed by atoms with Gasteiger partial charge in [-0.05, 0) is 25.0 Å². The van der Waals surface area contributed by atoms with Gasteiger partial charge in [-0.15, -0.1) is 0 Å². The van der Waals surface area contributed by atoms with Crippen LogP contribution in [0.4, 0.5) is 11.8 Å². The van der Waals surface area contributed by atoms with Gasteiger partial charge in [0.1, 0.15) is 5.82 Å². The number of rotatable bonds is 5. The van der Waals surface area contributed by atoms with Gasteiger partial charge in [-0.1, -0.05) is 18.2 Å². The number of hydrogen-bond donors (Lipinski definition) is 3. The van der Waals surface area contributed by atoms with E-state index in [1.54, 1.807) is 0 Å². The van der Waals surface area contributed by atoms with Crippen molar-refractivity contribution in [3.63, 3.8) is 0 Å². The van der Waals surface area contributed by atoms with E-state index in [1.807, 2.05) is 53.5 Å². The lowest BCUT2D eigenvalue weighted by Gasteiger charge is -2.32. The first kappa shape index (κ1) is 15.6. The Hall–Kier alpha value is -2.93. The fourth-order valence-corrected chi connectivity index (χ4v) is 3.05. The lowest BCUT2D eigenvalue weighted by atomic mass is 9.78. The molecule has 1 fully saturated rings. The second-order valence-corrected chi connectivity index (χ2v) is 6.45. The molecule has 25 heavy (non-hydrogen) atoms. The highest BCUT2D eigenvalue weighted by Gasteiger charge is 2.29. The van der Waals surface area contributed by atoms with Crippen LogP contribution < -0.4 is 16.8 Å². The number of nitrogens with two attached hydrogens (primary N) is 2. The molecule has 5 N–H and O–H groups in total. The fraction of sp³-hybridized carbons (Fsp3) is 0.278. The number of benzene rings is 1. The van der Waals surface area contributed by atoms with Crippen LogP contribution in [0.1, 0.15) is 30.0 Å². The first-order chi connectivity index (χ1) is 12.2. The van der Waals surface area contributed by atoms with Crippen LogP contribution in [0.25, 0.3) is 5.69 Å². The summed E-state index contributed by atoms with van der Waals surface area (Å²) >= 11 is 0. The fourth-order valence-electron chi connectivity index (χ4n) is 3.05. The molecule has 128 valence electrons. The second-order valence-electron chi connectivity index (χ2n) is 6.45. The highest BCUT2D eigenvalue weighted by atomic mass is 15.3. The topological polar surface area (TPSA) is 108 Å². The molecule has 0 amide bonds. The second kappa shape index (κ2) is 6.52.